The highest BCUT2D eigenvalue weighted by atomic mass is 79.9. The van der Waals surface area contributed by atoms with E-state index in [1.165, 1.54) is 0 Å². The van der Waals surface area contributed by atoms with E-state index in [1.807, 2.05) is 20.8 Å². The fraction of sp³-hybridized carbons (Fsp3) is 0.545. The van der Waals surface area contributed by atoms with Crippen molar-refractivity contribution in [1.82, 2.24) is 9.88 Å². The first-order valence-corrected chi connectivity index (χ1v) is 12.8. The Labute approximate surface area is 220 Å². The molecule has 0 N–H and O–H groups in total. The summed E-state index contributed by atoms with van der Waals surface area (Å²) in [7, 11) is 0. The molecule has 200 valence electrons. The number of piperidine rings is 1. The molecule has 0 bridgehead atoms. The summed E-state index contributed by atoms with van der Waals surface area (Å²) in [4.78, 5) is 18.4. The summed E-state index contributed by atoms with van der Waals surface area (Å²) in [5.41, 5.74) is -2.20. The lowest BCUT2D eigenvalue weighted by atomic mass is 9.98. The molecule has 0 aliphatic carbocycles. The van der Waals surface area contributed by atoms with Gasteiger partial charge in [0.15, 0.2) is 0 Å². The quantitative estimate of drug-likeness (QED) is 0.313. The van der Waals surface area contributed by atoms with Crippen molar-refractivity contribution in [2.45, 2.75) is 64.1 Å². The third-order valence-corrected chi connectivity index (χ3v) is 7.80. The zero-order valence-corrected chi connectivity index (χ0v) is 22.5. The molecule has 2 heterocycles. The standard InChI is InChI=1S/C22H22BrClF6N2O3S/c1-4-20(2,3)35-19(33)32-7-5-11(6-8-32)18-31-16(17(24)36-18)12-9-13(23)15(21(25,26)27)14(10-12)34-22(28,29)30/h9-11H,4-8H2,1-3H3. The number of alkyl halides is 6. The molecule has 1 saturated heterocycles. The first-order valence-electron chi connectivity index (χ1n) is 10.8. The molecule has 1 aliphatic rings. The zero-order chi connectivity index (χ0) is 27.1. The number of hydrogen-bond donors (Lipinski definition) is 0. The molecule has 5 nitrogen and oxygen atoms in total. The van der Waals surface area contributed by atoms with Crippen LogP contribution < -0.4 is 4.74 Å². The van der Waals surface area contributed by atoms with Crippen molar-refractivity contribution in [3.8, 4) is 17.0 Å². The van der Waals surface area contributed by atoms with Crippen molar-refractivity contribution in [2.75, 3.05) is 13.1 Å². The largest absolute Gasteiger partial charge is 0.573 e. The number of rotatable bonds is 5. The maximum Gasteiger partial charge on any atom is 0.573 e. The predicted molar refractivity (Wildman–Crippen MR) is 126 cm³/mol. The van der Waals surface area contributed by atoms with Crippen LogP contribution in [0.25, 0.3) is 11.3 Å². The van der Waals surface area contributed by atoms with E-state index in [1.54, 1.807) is 4.90 Å². The van der Waals surface area contributed by atoms with E-state index in [0.29, 0.717) is 43.4 Å². The molecule has 3 rings (SSSR count). The van der Waals surface area contributed by atoms with Crippen LogP contribution in [0.3, 0.4) is 0 Å². The minimum atomic E-state index is -5.34. The monoisotopic (exact) mass is 622 g/mol. The van der Waals surface area contributed by atoms with E-state index in [4.69, 9.17) is 16.3 Å². The molecule has 1 aliphatic heterocycles. The Kier molecular flexibility index (Phi) is 8.46. The number of carbonyl (C=O) groups is 1. The van der Waals surface area contributed by atoms with Gasteiger partial charge in [-0.2, -0.15) is 13.2 Å². The van der Waals surface area contributed by atoms with E-state index in [2.05, 4.69) is 25.7 Å². The highest BCUT2D eigenvalue weighted by Gasteiger charge is 2.42. The van der Waals surface area contributed by atoms with Gasteiger partial charge in [-0.1, -0.05) is 34.5 Å². The molecule has 1 amide bonds. The lowest BCUT2D eigenvalue weighted by Crippen LogP contribution is -2.42. The first-order chi connectivity index (χ1) is 16.5. The van der Waals surface area contributed by atoms with E-state index >= 15 is 0 Å². The van der Waals surface area contributed by atoms with Crippen LogP contribution in [0.2, 0.25) is 4.34 Å². The van der Waals surface area contributed by atoms with E-state index in [9.17, 15) is 31.1 Å². The SMILES string of the molecule is CCC(C)(C)OC(=O)N1CCC(c2nc(-c3cc(Br)c(C(F)(F)F)c(OC(F)(F)F)c3)c(Cl)s2)CC1. The lowest BCUT2D eigenvalue weighted by molar-refractivity contribution is -0.276. The summed E-state index contributed by atoms with van der Waals surface area (Å²) >= 11 is 10.1. The van der Waals surface area contributed by atoms with Crippen molar-refractivity contribution in [1.29, 1.82) is 0 Å². The topological polar surface area (TPSA) is 51.7 Å². The summed E-state index contributed by atoms with van der Waals surface area (Å²) in [6.45, 7) is 6.37. The van der Waals surface area contributed by atoms with Crippen molar-refractivity contribution in [3.63, 3.8) is 0 Å². The third-order valence-electron chi connectivity index (χ3n) is 5.76. The molecular formula is C22H22BrClF6N2O3S. The molecule has 1 aromatic heterocycles. The number of thiazole rings is 1. The molecule has 0 spiro atoms. The van der Waals surface area contributed by atoms with Gasteiger partial charge in [0.25, 0.3) is 0 Å². The smallest absolute Gasteiger partial charge is 0.443 e. The number of likely N-dealkylation sites (tertiary alicyclic amines) is 1. The normalized spacial score (nSPS) is 15.8. The number of hydrogen-bond acceptors (Lipinski definition) is 5. The van der Waals surface area contributed by atoms with Gasteiger partial charge in [0.1, 0.15) is 26.9 Å². The van der Waals surface area contributed by atoms with E-state index in [-0.39, 0.29) is 21.5 Å². The van der Waals surface area contributed by atoms with Crippen LogP contribution in [-0.2, 0) is 10.9 Å². The summed E-state index contributed by atoms with van der Waals surface area (Å²) in [6.07, 6.45) is -9.10. The van der Waals surface area contributed by atoms with Crippen LogP contribution in [0.5, 0.6) is 5.75 Å². The second kappa shape index (κ2) is 10.6. The van der Waals surface area contributed by atoms with Gasteiger partial charge < -0.3 is 14.4 Å². The Morgan fingerprint density at radius 3 is 2.33 bits per heavy atom. The minimum Gasteiger partial charge on any atom is -0.443 e. The Bertz CT molecular complexity index is 1110. The highest BCUT2D eigenvalue weighted by Crippen LogP contribution is 2.47. The Morgan fingerprint density at radius 2 is 1.81 bits per heavy atom. The zero-order valence-electron chi connectivity index (χ0n) is 19.3. The van der Waals surface area contributed by atoms with Gasteiger partial charge in [0.2, 0.25) is 0 Å². The van der Waals surface area contributed by atoms with E-state index < -0.39 is 40.0 Å². The van der Waals surface area contributed by atoms with Crippen molar-refractivity contribution in [3.05, 3.63) is 31.5 Å². The van der Waals surface area contributed by atoms with Crippen LogP contribution in [0.1, 0.15) is 56.5 Å². The molecule has 1 aromatic carbocycles. The number of aromatic nitrogens is 1. The average molecular weight is 624 g/mol. The predicted octanol–water partition coefficient (Wildman–Crippen LogP) is 8.65. The van der Waals surface area contributed by atoms with Gasteiger partial charge in [0.05, 0.1) is 5.01 Å². The molecule has 0 saturated carbocycles. The number of ether oxygens (including phenoxy) is 2. The van der Waals surface area contributed by atoms with Crippen LogP contribution in [0.15, 0.2) is 16.6 Å². The maximum atomic E-state index is 13.4. The Balaban J connectivity index is 1.83. The van der Waals surface area contributed by atoms with Gasteiger partial charge in [-0.05, 0) is 45.2 Å². The first kappa shape index (κ1) is 28.8. The number of carbonyl (C=O) groups excluding carboxylic acids is 1. The summed E-state index contributed by atoms with van der Waals surface area (Å²) in [5.74, 6) is -1.50. The number of amides is 1. The van der Waals surface area contributed by atoms with E-state index in [0.717, 1.165) is 17.4 Å². The van der Waals surface area contributed by atoms with Crippen molar-refractivity contribution < 1.29 is 40.6 Å². The molecule has 0 radical (unpaired) electrons. The molecule has 2 aromatic rings. The third kappa shape index (κ3) is 6.97. The fourth-order valence-corrected chi connectivity index (χ4v) is 5.59. The Morgan fingerprint density at radius 1 is 1.19 bits per heavy atom. The summed E-state index contributed by atoms with van der Waals surface area (Å²) in [6, 6.07) is 1.63. The highest BCUT2D eigenvalue weighted by molar-refractivity contribution is 9.10. The van der Waals surface area contributed by atoms with Crippen LogP contribution in [0, 0.1) is 0 Å². The lowest BCUT2D eigenvalue weighted by Gasteiger charge is -2.33. The van der Waals surface area contributed by atoms with Crippen molar-refractivity contribution in [2.24, 2.45) is 0 Å². The van der Waals surface area contributed by atoms with Gasteiger partial charge in [-0.3, -0.25) is 0 Å². The molecule has 0 unspecified atom stereocenters. The Hall–Kier alpha value is -1.73. The van der Waals surface area contributed by atoms with Gasteiger partial charge in [-0.25, -0.2) is 9.78 Å². The second-order valence-corrected chi connectivity index (χ2v) is 11.3. The average Bonchev–Trinajstić information content (AvgIpc) is 3.12. The molecular weight excluding hydrogens is 602 g/mol. The van der Waals surface area contributed by atoms with Crippen LogP contribution in [-0.4, -0.2) is 41.0 Å². The van der Waals surface area contributed by atoms with Gasteiger partial charge >= 0.3 is 18.6 Å². The fourth-order valence-electron chi connectivity index (χ4n) is 3.55. The summed E-state index contributed by atoms with van der Waals surface area (Å²) < 4.78 is 87.3. The van der Waals surface area contributed by atoms with Crippen LogP contribution >= 0.6 is 38.9 Å². The minimum absolute atomic E-state index is 0.0460. The molecule has 1 fully saturated rings. The molecule has 14 heteroatoms. The molecule has 36 heavy (non-hydrogen) atoms. The second-order valence-electron chi connectivity index (χ2n) is 8.79. The van der Waals surface area contributed by atoms with Gasteiger partial charge in [-0.15, -0.1) is 24.5 Å². The van der Waals surface area contributed by atoms with Crippen molar-refractivity contribution >= 4 is 45.0 Å². The van der Waals surface area contributed by atoms with Gasteiger partial charge in [0, 0.05) is 29.0 Å². The number of nitrogens with zero attached hydrogens (tertiary/aromatic N) is 2. The maximum absolute atomic E-state index is 13.4. The molecule has 0 atom stereocenters. The summed E-state index contributed by atoms with van der Waals surface area (Å²) in [5, 5.41) is 0.575. The number of halogens is 8. The van der Waals surface area contributed by atoms with Crippen LogP contribution in [0.4, 0.5) is 31.1 Å². The number of benzene rings is 1.